The number of hydrogen-bond donors (Lipinski definition) is 0. The molecule has 1 amide bonds. The zero-order chi connectivity index (χ0) is 26.8. The number of esters is 1. The number of carbonyl (C=O) groups is 2. The highest BCUT2D eigenvalue weighted by Crippen LogP contribution is 2.33. The Morgan fingerprint density at radius 1 is 1.16 bits per heavy atom. The fraction of sp³-hybridized carbons (Fsp3) is 0.414. The minimum absolute atomic E-state index is 0.00895. The van der Waals surface area contributed by atoms with Gasteiger partial charge in [-0.2, -0.15) is 0 Å². The van der Waals surface area contributed by atoms with Crippen LogP contribution in [-0.4, -0.2) is 44.3 Å². The number of hydrogen-bond acceptors (Lipinski definition) is 7. The van der Waals surface area contributed by atoms with Crippen LogP contribution >= 0.6 is 0 Å². The molecule has 4 aromatic heterocycles. The first-order chi connectivity index (χ1) is 18.4. The number of nitrogens with zero attached hydrogens (tertiary/aromatic N) is 5. The molecule has 0 aromatic carbocycles. The lowest BCUT2D eigenvalue weighted by Crippen LogP contribution is -2.43. The van der Waals surface area contributed by atoms with E-state index in [1.807, 2.05) is 44.2 Å². The zero-order valence-corrected chi connectivity index (χ0v) is 22.3. The van der Waals surface area contributed by atoms with Crippen molar-refractivity contribution in [1.82, 2.24) is 19.7 Å². The van der Waals surface area contributed by atoms with Crippen LogP contribution in [0.15, 0.2) is 53.3 Å². The zero-order valence-electron chi connectivity index (χ0n) is 22.3. The smallest absolute Gasteiger partial charge is 0.343 e. The molecule has 38 heavy (non-hydrogen) atoms. The van der Waals surface area contributed by atoms with E-state index in [1.165, 1.54) is 0 Å². The summed E-state index contributed by atoms with van der Waals surface area (Å²) >= 11 is 0. The molecular formula is C29H33N5O4. The van der Waals surface area contributed by atoms with Crippen molar-refractivity contribution in [3.8, 4) is 17.1 Å². The molecule has 1 aliphatic carbocycles. The maximum Gasteiger partial charge on any atom is 0.343 e. The van der Waals surface area contributed by atoms with Gasteiger partial charge in [-0.25, -0.2) is 9.48 Å². The summed E-state index contributed by atoms with van der Waals surface area (Å²) < 4.78 is 12.8. The van der Waals surface area contributed by atoms with Crippen LogP contribution in [0.5, 0.6) is 0 Å². The third-order valence-electron chi connectivity index (χ3n) is 7.09. The Kier molecular flexibility index (Phi) is 7.26. The lowest BCUT2D eigenvalue weighted by atomic mass is 9.82. The minimum atomic E-state index is -0.510. The van der Waals surface area contributed by atoms with Gasteiger partial charge in [-0.1, -0.05) is 6.92 Å². The lowest BCUT2D eigenvalue weighted by molar-refractivity contribution is -0.124. The van der Waals surface area contributed by atoms with Gasteiger partial charge in [-0.15, -0.1) is 5.10 Å². The van der Waals surface area contributed by atoms with E-state index < -0.39 is 5.97 Å². The van der Waals surface area contributed by atoms with Crippen LogP contribution in [0.2, 0.25) is 0 Å². The number of pyridine rings is 2. The molecule has 4 heterocycles. The van der Waals surface area contributed by atoms with Crippen LogP contribution < -0.4 is 4.90 Å². The van der Waals surface area contributed by atoms with Gasteiger partial charge in [-0.3, -0.25) is 19.7 Å². The van der Waals surface area contributed by atoms with Crippen LogP contribution in [0, 0.1) is 11.8 Å². The van der Waals surface area contributed by atoms with Crippen molar-refractivity contribution in [3.05, 3.63) is 54.5 Å². The number of furan rings is 1. The largest absolute Gasteiger partial charge is 0.462 e. The molecule has 0 atom stereocenters. The maximum absolute atomic E-state index is 13.7. The van der Waals surface area contributed by atoms with Gasteiger partial charge in [-0.05, 0) is 76.6 Å². The van der Waals surface area contributed by atoms with Gasteiger partial charge in [0.05, 0.1) is 18.5 Å². The molecule has 4 aromatic rings. The van der Waals surface area contributed by atoms with E-state index in [-0.39, 0.29) is 30.0 Å². The highest BCUT2D eigenvalue weighted by Gasteiger charge is 2.34. The van der Waals surface area contributed by atoms with E-state index in [4.69, 9.17) is 14.3 Å². The third kappa shape index (κ3) is 5.05. The molecule has 5 rings (SSSR count). The van der Waals surface area contributed by atoms with E-state index in [0.29, 0.717) is 34.5 Å². The Morgan fingerprint density at radius 3 is 2.61 bits per heavy atom. The molecular weight excluding hydrogens is 482 g/mol. The van der Waals surface area contributed by atoms with E-state index >= 15 is 0 Å². The second kappa shape index (κ2) is 10.8. The molecule has 0 N–H and O–H groups in total. The van der Waals surface area contributed by atoms with Crippen molar-refractivity contribution >= 4 is 28.8 Å². The lowest BCUT2D eigenvalue weighted by Gasteiger charge is -2.32. The Hall–Kier alpha value is -4.01. The van der Waals surface area contributed by atoms with Crippen molar-refractivity contribution in [3.63, 3.8) is 0 Å². The summed E-state index contributed by atoms with van der Waals surface area (Å²) in [7, 11) is 0. The van der Waals surface area contributed by atoms with Gasteiger partial charge < -0.3 is 9.15 Å². The van der Waals surface area contributed by atoms with Crippen LogP contribution in [0.25, 0.3) is 28.2 Å². The Labute approximate surface area is 221 Å². The summed E-state index contributed by atoms with van der Waals surface area (Å²) in [5.41, 5.74) is 2.99. The topological polar surface area (TPSA) is 103 Å². The van der Waals surface area contributed by atoms with Crippen LogP contribution in [0.1, 0.15) is 63.7 Å². The summed E-state index contributed by atoms with van der Waals surface area (Å²) in [6.45, 7) is 8.09. The van der Waals surface area contributed by atoms with Crippen molar-refractivity contribution in [2.75, 3.05) is 11.5 Å². The predicted molar refractivity (Wildman–Crippen MR) is 144 cm³/mol. The first-order valence-electron chi connectivity index (χ1n) is 13.3. The fourth-order valence-corrected chi connectivity index (χ4v) is 5.00. The molecule has 1 aliphatic rings. The van der Waals surface area contributed by atoms with Crippen molar-refractivity contribution in [1.29, 1.82) is 0 Å². The van der Waals surface area contributed by atoms with Crippen molar-refractivity contribution < 1.29 is 18.7 Å². The molecule has 9 heteroatoms. The van der Waals surface area contributed by atoms with Gasteiger partial charge in [0.2, 0.25) is 5.91 Å². The van der Waals surface area contributed by atoms with Crippen molar-refractivity contribution in [2.45, 2.75) is 59.4 Å². The number of rotatable bonds is 7. The average molecular weight is 516 g/mol. The van der Waals surface area contributed by atoms with Gasteiger partial charge in [0, 0.05) is 30.4 Å². The fourth-order valence-electron chi connectivity index (χ4n) is 5.00. The van der Waals surface area contributed by atoms with E-state index in [2.05, 4.69) is 16.9 Å². The number of amides is 1. The summed E-state index contributed by atoms with van der Waals surface area (Å²) in [6, 6.07) is 9.02. The molecule has 0 spiro atoms. The molecule has 9 nitrogen and oxygen atoms in total. The molecule has 0 radical (unpaired) electrons. The number of carbonyl (C=O) groups excluding carboxylic acids is 2. The van der Waals surface area contributed by atoms with Gasteiger partial charge >= 0.3 is 5.97 Å². The van der Waals surface area contributed by atoms with Crippen LogP contribution in [0.4, 0.5) is 5.82 Å². The molecule has 1 saturated carbocycles. The predicted octanol–water partition coefficient (Wildman–Crippen LogP) is 5.82. The molecule has 1 fully saturated rings. The number of anilines is 1. The number of aromatic nitrogens is 4. The highest BCUT2D eigenvalue weighted by atomic mass is 16.5. The first-order valence-corrected chi connectivity index (χ1v) is 13.3. The van der Waals surface area contributed by atoms with E-state index in [0.717, 1.165) is 31.2 Å². The average Bonchev–Trinajstić information content (AvgIpc) is 3.54. The molecule has 0 saturated heterocycles. The normalized spacial score (nSPS) is 17.6. The molecule has 0 unspecified atom stereocenters. The second-order valence-corrected chi connectivity index (χ2v) is 10.2. The minimum Gasteiger partial charge on any atom is -0.462 e. The summed E-state index contributed by atoms with van der Waals surface area (Å²) in [5, 5.41) is 4.72. The Morgan fingerprint density at radius 2 is 1.95 bits per heavy atom. The Balaban J connectivity index is 1.48. The maximum atomic E-state index is 13.7. The Bertz CT molecular complexity index is 1400. The summed E-state index contributed by atoms with van der Waals surface area (Å²) in [6.07, 6.45) is 8.74. The van der Waals surface area contributed by atoms with Gasteiger partial charge in [0.1, 0.15) is 16.8 Å². The van der Waals surface area contributed by atoms with Gasteiger partial charge in [0.25, 0.3) is 0 Å². The first kappa shape index (κ1) is 25.6. The van der Waals surface area contributed by atoms with E-state index in [1.54, 1.807) is 35.1 Å². The summed E-state index contributed by atoms with van der Waals surface area (Å²) in [5.74, 6) is 0.977. The number of ether oxygens (including phenoxy) is 1. The molecule has 0 aliphatic heterocycles. The second-order valence-electron chi connectivity index (χ2n) is 10.2. The van der Waals surface area contributed by atoms with Crippen molar-refractivity contribution in [2.24, 2.45) is 11.8 Å². The SMILES string of the molecule is CCOC(=O)c1cn(-c2ccc(-c3cc4ncccc4o3)nc2)nc1N(C(=O)C1CCC(C)CC1)C(C)C. The third-order valence-corrected chi connectivity index (χ3v) is 7.09. The summed E-state index contributed by atoms with van der Waals surface area (Å²) in [4.78, 5) is 37.2. The van der Waals surface area contributed by atoms with E-state index in [9.17, 15) is 9.59 Å². The van der Waals surface area contributed by atoms with Gasteiger partial charge in [0.15, 0.2) is 17.2 Å². The molecule has 0 bridgehead atoms. The highest BCUT2D eigenvalue weighted by molar-refractivity contribution is 6.02. The van der Waals surface area contributed by atoms with Crippen LogP contribution in [0.3, 0.4) is 0 Å². The molecule has 198 valence electrons. The standard InChI is InChI=1S/C29H33N5O4/c1-5-37-29(36)22-17-33(32-27(22)34(18(2)3)28(35)20-10-8-19(4)9-11-20)21-12-13-23(31-16-21)26-15-24-25(38-26)7-6-14-30-24/h6-7,12-20H,5,8-11H2,1-4H3. The monoisotopic (exact) mass is 515 g/mol. The van der Waals surface area contributed by atoms with Crippen LogP contribution in [-0.2, 0) is 9.53 Å². The quantitative estimate of drug-likeness (QED) is 0.286. The number of fused-ring (bicyclic) bond motifs is 1.